The molecule has 0 fully saturated rings. The number of ether oxygens (including phenoxy) is 2. The first kappa shape index (κ1) is 17.0. The topological polar surface area (TPSA) is 70.3 Å². The van der Waals surface area contributed by atoms with Crippen LogP contribution in [0.3, 0.4) is 0 Å². The van der Waals surface area contributed by atoms with Gasteiger partial charge in [-0.05, 0) is 30.3 Å². The van der Waals surface area contributed by atoms with Crippen LogP contribution in [-0.4, -0.2) is 29.3 Å². The Morgan fingerprint density at radius 3 is 2.44 bits per heavy atom. The number of fused-ring (bicyclic) bond motifs is 1. The third kappa shape index (κ3) is 3.31. The van der Waals surface area contributed by atoms with Gasteiger partial charge in [0.25, 0.3) is 0 Å². The summed E-state index contributed by atoms with van der Waals surface area (Å²) in [6.07, 6.45) is 1.93. The molecule has 0 amide bonds. The van der Waals surface area contributed by atoms with Crippen molar-refractivity contribution in [3.8, 4) is 22.8 Å². The molecule has 2 heterocycles. The average molecular weight is 365 g/mol. The molecule has 7 heteroatoms. The minimum atomic E-state index is -0.292. The summed E-state index contributed by atoms with van der Waals surface area (Å²) in [7, 11) is 3.16. The molecule has 0 aliphatic rings. The van der Waals surface area contributed by atoms with Gasteiger partial charge in [0.1, 0.15) is 23.6 Å². The summed E-state index contributed by atoms with van der Waals surface area (Å²) in [6, 6.07) is 11.6. The molecule has 136 valence electrons. The molecule has 0 saturated carbocycles. The van der Waals surface area contributed by atoms with Gasteiger partial charge in [0.2, 0.25) is 0 Å². The van der Waals surface area contributed by atoms with E-state index in [0.717, 1.165) is 22.2 Å². The second kappa shape index (κ2) is 7.03. The van der Waals surface area contributed by atoms with Crippen LogP contribution in [-0.2, 0) is 6.42 Å². The fraction of sp³-hybridized carbons (Fsp3) is 0.150. The number of methoxy groups -OCH3 is 2. The van der Waals surface area contributed by atoms with Crippen molar-refractivity contribution in [2.45, 2.75) is 6.42 Å². The van der Waals surface area contributed by atoms with Gasteiger partial charge in [-0.2, -0.15) is 0 Å². The van der Waals surface area contributed by atoms with E-state index in [1.54, 1.807) is 26.4 Å². The molecule has 6 nitrogen and oxygen atoms in total. The Balaban J connectivity index is 1.68. The van der Waals surface area contributed by atoms with Gasteiger partial charge in [-0.25, -0.2) is 14.4 Å². The molecule has 0 aliphatic carbocycles. The van der Waals surface area contributed by atoms with Crippen LogP contribution in [0, 0.1) is 5.82 Å². The Hall–Kier alpha value is -3.48. The highest BCUT2D eigenvalue weighted by atomic mass is 19.1. The molecule has 4 aromatic rings. The van der Waals surface area contributed by atoms with E-state index in [1.807, 2.05) is 18.2 Å². The number of nitrogens with zero attached hydrogens (tertiary/aromatic N) is 3. The highest BCUT2D eigenvalue weighted by Crippen LogP contribution is 2.33. The van der Waals surface area contributed by atoms with E-state index in [4.69, 9.17) is 14.0 Å². The first-order valence-corrected chi connectivity index (χ1v) is 8.25. The van der Waals surface area contributed by atoms with E-state index in [2.05, 4.69) is 15.1 Å². The van der Waals surface area contributed by atoms with E-state index >= 15 is 0 Å². The molecule has 0 aliphatic heterocycles. The molecule has 0 saturated heterocycles. The van der Waals surface area contributed by atoms with Crippen LogP contribution >= 0.6 is 0 Å². The molecule has 0 spiro atoms. The van der Waals surface area contributed by atoms with Crippen molar-refractivity contribution in [3.05, 3.63) is 66.1 Å². The largest absolute Gasteiger partial charge is 0.493 e. The van der Waals surface area contributed by atoms with E-state index in [9.17, 15) is 4.39 Å². The van der Waals surface area contributed by atoms with Crippen LogP contribution in [0.5, 0.6) is 11.5 Å². The summed E-state index contributed by atoms with van der Waals surface area (Å²) >= 11 is 0. The minimum Gasteiger partial charge on any atom is -0.493 e. The van der Waals surface area contributed by atoms with Crippen molar-refractivity contribution in [3.63, 3.8) is 0 Å². The number of aromatic nitrogens is 3. The number of hydrogen-bond acceptors (Lipinski definition) is 6. The second-order valence-corrected chi connectivity index (χ2v) is 5.91. The van der Waals surface area contributed by atoms with Gasteiger partial charge in [0, 0.05) is 23.1 Å². The summed E-state index contributed by atoms with van der Waals surface area (Å²) in [5, 5.41) is 4.91. The smallest absolute Gasteiger partial charge is 0.162 e. The molecule has 4 rings (SSSR count). The summed E-state index contributed by atoms with van der Waals surface area (Å²) in [6.45, 7) is 0. The van der Waals surface area contributed by atoms with Crippen molar-refractivity contribution in [1.29, 1.82) is 0 Å². The third-order valence-corrected chi connectivity index (χ3v) is 4.26. The maximum absolute atomic E-state index is 13.1. The Morgan fingerprint density at radius 1 is 0.963 bits per heavy atom. The van der Waals surface area contributed by atoms with Crippen molar-refractivity contribution in [1.82, 2.24) is 15.1 Å². The first-order chi connectivity index (χ1) is 13.2. The van der Waals surface area contributed by atoms with Crippen LogP contribution in [0.2, 0.25) is 0 Å². The van der Waals surface area contributed by atoms with Crippen molar-refractivity contribution in [2.75, 3.05) is 14.2 Å². The molecular formula is C20H16FN3O3. The molecular weight excluding hydrogens is 349 g/mol. The van der Waals surface area contributed by atoms with Gasteiger partial charge < -0.3 is 14.0 Å². The quantitative estimate of drug-likeness (QED) is 0.532. The minimum absolute atomic E-state index is 0.292. The summed E-state index contributed by atoms with van der Waals surface area (Å²) in [5.74, 6) is 1.56. The first-order valence-electron chi connectivity index (χ1n) is 8.25. The third-order valence-electron chi connectivity index (χ3n) is 4.26. The Morgan fingerprint density at radius 2 is 1.70 bits per heavy atom. The normalized spacial score (nSPS) is 10.9. The lowest BCUT2D eigenvalue weighted by Crippen LogP contribution is -1.97. The van der Waals surface area contributed by atoms with Crippen LogP contribution in [0.25, 0.3) is 22.2 Å². The monoisotopic (exact) mass is 365 g/mol. The van der Waals surface area contributed by atoms with Gasteiger partial charge in [-0.3, -0.25) is 0 Å². The Labute approximate surface area is 154 Å². The van der Waals surface area contributed by atoms with Crippen molar-refractivity contribution >= 4 is 10.9 Å². The zero-order chi connectivity index (χ0) is 18.8. The summed E-state index contributed by atoms with van der Waals surface area (Å²) in [5.41, 5.74) is 2.95. The van der Waals surface area contributed by atoms with Crippen molar-refractivity contribution in [2.24, 2.45) is 0 Å². The number of benzene rings is 2. The molecule has 27 heavy (non-hydrogen) atoms. The SMILES string of the molecule is COc1cc2ncnc(Cc3cc(-c4ccc(F)cc4)no3)c2cc1OC. The Bertz CT molecular complexity index is 1090. The number of hydrogen-bond donors (Lipinski definition) is 0. The van der Waals surface area contributed by atoms with Gasteiger partial charge in [0.05, 0.1) is 31.9 Å². The van der Waals surface area contributed by atoms with Gasteiger partial charge >= 0.3 is 0 Å². The molecule has 2 aromatic heterocycles. The van der Waals surface area contributed by atoms with Crippen LogP contribution in [0.15, 0.2) is 53.3 Å². The molecule has 0 bridgehead atoms. The van der Waals surface area contributed by atoms with Gasteiger partial charge in [-0.15, -0.1) is 0 Å². The predicted octanol–water partition coefficient (Wildman–Crippen LogP) is 4.03. The predicted molar refractivity (Wildman–Crippen MR) is 97.3 cm³/mol. The fourth-order valence-electron chi connectivity index (χ4n) is 2.90. The molecule has 0 atom stereocenters. The second-order valence-electron chi connectivity index (χ2n) is 5.91. The molecule has 0 N–H and O–H groups in total. The van der Waals surface area contributed by atoms with Gasteiger partial charge in [-0.1, -0.05) is 5.16 Å². The molecule has 0 unspecified atom stereocenters. The lowest BCUT2D eigenvalue weighted by atomic mass is 10.1. The zero-order valence-corrected chi connectivity index (χ0v) is 14.8. The van der Waals surface area contributed by atoms with E-state index in [0.29, 0.717) is 29.4 Å². The standard InChI is InChI=1S/C20H16FN3O3/c1-25-19-9-15-17(22-11-23-18(15)10-20(19)26-2)8-14-7-16(24-27-14)12-3-5-13(21)6-4-12/h3-7,9-11H,8H2,1-2H3. The van der Waals surface area contributed by atoms with E-state index in [-0.39, 0.29) is 5.82 Å². The van der Waals surface area contributed by atoms with Gasteiger partial charge in [0.15, 0.2) is 11.5 Å². The molecule has 2 aromatic carbocycles. The summed E-state index contributed by atoms with van der Waals surface area (Å²) in [4.78, 5) is 8.68. The number of rotatable bonds is 5. The van der Waals surface area contributed by atoms with Crippen molar-refractivity contribution < 1.29 is 18.4 Å². The zero-order valence-electron chi connectivity index (χ0n) is 14.8. The van der Waals surface area contributed by atoms with E-state index < -0.39 is 0 Å². The lowest BCUT2D eigenvalue weighted by molar-refractivity contribution is 0.355. The lowest BCUT2D eigenvalue weighted by Gasteiger charge is -2.10. The molecule has 0 radical (unpaired) electrons. The average Bonchev–Trinajstić information content (AvgIpc) is 3.16. The fourth-order valence-corrected chi connectivity index (χ4v) is 2.90. The van der Waals surface area contributed by atoms with Crippen LogP contribution in [0.1, 0.15) is 11.5 Å². The highest BCUT2D eigenvalue weighted by molar-refractivity contribution is 5.84. The van der Waals surface area contributed by atoms with Crippen LogP contribution < -0.4 is 9.47 Å². The summed E-state index contributed by atoms with van der Waals surface area (Å²) < 4.78 is 29.2. The number of halogens is 1. The van der Waals surface area contributed by atoms with Crippen LogP contribution in [0.4, 0.5) is 4.39 Å². The van der Waals surface area contributed by atoms with E-state index in [1.165, 1.54) is 18.5 Å². The maximum atomic E-state index is 13.1. The Kier molecular flexibility index (Phi) is 4.42. The maximum Gasteiger partial charge on any atom is 0.162 e. The highest BCUT2D eigenvalue weighted by Gasteiger charge is 2.14.